The summed E-state index contributed by atoms with van der Waals surface area (Å²) in [6.07, 6.45) is 3.44. The Morgan fingerprint density at radius 2 is 2.00 bits per heavy atom. The van der Waals surface area contributed by atoms with Crippen molar-refractivity contribution >= 4 is 27.4 Å². The Labute approximate surface area is 151 Å². The average molecular weight is 374 g/mol. The lowest BCUT2D eigenvalue weighted by Gasteiger charge is -2.03. The van der Waals surface area contributed by atoms with Crippen LogP contribution in [0.4, 0.5) is 0 Å². The fraction of sp³-hybridized carbons (Fsp3) is 0.167. The molecule has 0 aliphatic heterocycles. The molecule has 3 rings (SSSR count). The molecule has 25 heavy (non-hydrogen) atoms. The molecule has 0 aliphatic carbocycles. The van der Waals surface area contributed by atoms with Crippen LogP contribution in [0.1, 0.15) is 11.1 Å². The minimum Gasteiger partial charge on any atom is -0.271 e. The molecule has 5 nitrogen and oxygen atoms in total. The van der Waals surface area contributed by atoms with E-state index in [-0.39, 0.29) is 6.54 Å². The van der Waals surface area contributed by atoms with Crippen molar-refractivity contribution in [1.82, 2.24) is 14.5 Å². The highest BCUT2D eigenvalue weighted by Gasteiger charge is 2.06. The van der Waals surface area contributed by atoms with E-state index in [2.05, 4.69) is 9.82 Å². The summed E-state index contributed by atoms with van der Waals surface area (Å²) >= 11 is 1.62. The number of sulfonamides is 1. The molecule has 0 unspecified atom stereocenters. The van der Waals surface area contributed by atoms with Crippen molar-refractivity contribution in [3.05, 3.63) is 69.9 Å². The average Bonchev–Trinajstić information content (AvgIpc) is 3.25. The molecule has 130 valence electrons. The topological polar surface area (TPSA) is 64.0 Å². The van der Waals surface area contributed by atoms with Gasteiger partial charge in [-0.05, 0) is 36.1 Å². The molecule has 0 bridgehead atoms. The van der Waals surface area contributed by atoms with Crippen LogP contribution >= 0.6 is 11.3 Å². The van der Waals surface area contributed by atoms with Crippen molar-refractivity contribution in [3.63, 3.8) is 0 Å². The van der Waals surface area contributed by atoms with Crippen molar-refractivity contribution in [2.45, 2.75) is 13.5 Å². The molecule has 0 saturated heterocycles. The molecule has 2 heterocycles. The van der Waals surface area contributed by atoms with Gasteiger partial charge in [-0.1, -0.05) is 29.8 Å². The molecule has 0 atom stereocenters. The molecular formula is C18H19N3O2S2. The lowest BCUT2D eigenvalue weighted by atomic mass is 10.2. The first-order chi connectivity index (χ1) is 12.0. The number of nitrogens with one attached hydrogen (secondary N) is 1. The lowest BCUT2D eigenvalue weighted by molar-refractivity contribution is 0.568. The first-order valence-corrected chi connectivity index (χ1v) is 10.3. The molecular weight excluding hydrogens is 354 g/mol. The Hall–Kier alpha value is -2.22. The van der Waals surface area contributed by atoms with Crippen molar-refractivity contribution in [1.29, 1.82) is 0 Å². The summed E-state index contributed by atoms with van der Waals surface area (Å²) in [6, 6.07) is 11.6. The van der Waals surface area contributed by atoms with Crippen molar-refractivity contribution in [2.75, 3.05) is 6.54 Å². The zero-order chi connectivity index (χ0) is 17.7. The zero-order valence-electron chi connectivity index (χ0n) is 13.8. The van der Waals surface area contributed by atoms with Crippen LogP contribution in [0.25, 0.3) is 17.3 Å². The lowest BCUT2D eigenvalue weighted by Crippen LogP contribution is -2.25. The van der Waals surface area contributed by atoms with Crippen molar-refractivity contribution in [3.8, 4) is 11.3 Å². The van der Waals surface area contributed by atoms with Gasteiger partial charge in [-0.25, -0.2) is 13.1 Å². The number of aromatic nitrogens is 2. The molecule has 0 aliphatic rings. The molecule has 1 aromatic carbocycles. The Bertz CT molecular complexity index is 941. The second kappa shape index (κ2) is 7.77. The molecule has 7 heteroatoms. The number of hydrogen-bond donors (Lipinski definition) is 1. The van der Waals surface area contributed by atoms with E-state index in [9.17, 15) is 8.42 Å². The molecule has 0 radical (unpaired) electrons. The Kier molecular flexibility index (Phi) is 5.47. The third-order valence-corrected chi connectivity index (χ3v) is 5.40. The second-order valence-corrected chi connectivity index (χ2v) is 8.06. The third-order valence-electron chi connectivity index (χ3n) is 3.62. The Morgan fingerprint density at radius 1 is 1.20 bits per heavy atom. The van der Waals surface area contributed by atoms with E-state index in [0.29, 0.717) is 6.54 Å². The number of nitrogens with zero attached hydrogens (tertiary/aromatic N) is 2. The van der Waals surface area contributed by atoms with E-state index in [1.807, 2.05) is 60.3 Å². The van der Waals surface area contributed by atoms with Gasteiger partial charge in [-0.2, -0.15) is 16.4 Å². The second-order valence-electron chi connectivity index (χ2n) is 5.63. The van der Waals surface area contributed by atoms with Crippen LogP contribution in [0.15, 0.2) is 58.8 Å². The SMILES string of the molecule is Cc1ccc(/C=C/S(=O)(=O)NCCn2ccc(-c3ccsc3)n2)cc1. The van der Waals surface area contributed by atoms with Crippen LogP contribution in [-0.2, 0) is 16.6 Å². The van der Waals surface area contributed by atoms with E-state index in [0.717, 1.165) is 22.4 Å². The summed E-state index contributed by atoms with van der Waals surface area (Å²) in [4.78, 5) is 0. The highest BCUT2D eigenvalue weighted by Crippen LogP contribution is 2.19. The minimum absolute atomic E-state index is 0.283. The number of hydrogen-bond acceptors (Lipinski definition) is 4. The molecule has 0 saturated carbocycles. The van der Waals surface area contributed by atoms with E-state index >= 15 is 0 Å². The fourth-order valence-corrected chi connectivity index (χ4v) is 3.70. The minimum atomic E-state index is -3.47. The molecule has 1 N–H and O–H groups in total. The maximum atomic E-state index is 12.0. The predicted molar refractivity (Wildman–Crippen MR) is 103 cm³/mol. The smallest absolute Gasteiger partial charge is 0.233 e. The number of aryl methyl sites for hydroxylation is 1. The van der Waals surface area contributed by atoms with Crippen LogP contribution in [0.3, 0.4) is 0 Å². The quantitative estimate of drug-likeness (QED) is 0.689. The maximum Gasteiger partial charge on any atom is 0.233 e. The van der Waals surface area contributed by atoms with Gasteiger partial charge in [0.15, 0.2) is 0 Å². The van der Waals surface area contributed by atoms with Crippen LogP contribution in [0, 0.1) is 6.92 Å². The van der Waals surface area contributed by atoms with Crippen molar-refractivity contribution < 1.29 is 8.42 Å². The van der Waals surface area contributed by atoms with Gasteiger partial charge in [0.25, 0.3) is 0 Å². The van der Waals surface area contributed by atoms with Crippen LogP contribution in [-0.4, -0.2) is 24.7 Å². The van der Waals surface area contributed by atoms with Crippen LogP contribution in [0.5, 0.6) is 0 Å². The summed E-state index contributed by atoms with van der Waals surface area (Å²) < 4.78 is 28.3. The molecule has 0 amide bonds. The van der Waals surface area contributed by atoms with Crippen LogP contribution < -0.4 is 4.72 Å². The molecule has 0 spiro atoms. The van der Waals surface area contributed by atoms with Crippen LogP contribution in [0.2, 0.25) is 0 Å². The maximum absolute atomic E-state index is 12.0. The van der Waals surface area contributed by atoms with E-state index < -0.39 is 10.0 Å². The van der Waals surface area contributed by atoms with Gasteiger partial charge < -0.3 is 0 Å². The highest BCUT2D eigenvalue weighted by molar-refractivity contribution is 7.92. The molecule has 3 aromatic rings. The van der Waals surface area contributed by atoms with E-state index in [4.69, 9.17) is 0 Å². The summed E-state index contributed by atoms with van der Waals surface area (Å²) in [6.45, 7) is 2.75. The first kappa shape index (κ1) is 17.6. The number of thiophene rings is 1. The summed E-state index contributed by atoms with van der Waals surface area (Å²) in [5.41, 5.74) is 3.95. The number of benzene rings is 1. The van der Waals surface area contributed by atoms with E-state index in [1.165, 1.54) is 5.41 Å². The largest absolute Gasteiger partial charge is 0.271 e. The van der Waals surface area contributed by atoms with Crippen molar-refractivity contribution in [2.24, 2.45) is 0 Å². The van der Waals surface area contributed by atoms with Gasteiger partial charge in [0, 0.05) is 29.1 Å². The summed E-state index contributed by atoms with van der Waals surface area (Å²) in [5.74, 6) is 0. The third kappa shape index (κ3) is 5.12. The first-order valence-electron chi connectivity index (χ1n) is 7.82. The van der Waals surface area contributed by atoms with Gasteiger partial charge in [0.2, 0.25) is 10.0 Å². The standard InChI is InChI=1S/C18H19N3O2S2/c1-15-2-4-16(5-3-15)8-13-25(22,23)19-9-11-21-10-6-18(20-21)17-7-12-24-14-17/h2-8,10,12-14,19H,9,11H2,1H3/b13-8+. The summed E-state index contributed by atoms with van der Waals surface area (Å²) in [5, 5.41) is 9.67. The Balaban J connectivity index is 1.53. The fourth-order valence-electron chi connectivity index (χ4n) is 2.25. The zero-order valence-corrected chi connectivity index (χ0v) is 15.4. The Morgan fingerprint density at radius 3 is 2.72 bits per heavy atom. The van der Waals surface area contributed by atoms with Gasteiger partial charge in [0.05, 0.1) is 12.2 Å². The van der Waals surface area contributed by atoms with E-state index in [1.54, 1.807) is 22.1 Å². The van der Waals surface area contributed by atoms with Gasteiger partial charge in [0.1, 0.15) is 0 Å². The monoisotopic (exact) mass is 373 g/mol. The molecule has 2 aromatic heterocycles. The molecule has 0 fully saturated rings. The summed E-state index contributed by atoms with van der Waals surface area (Å²) in [7, 11) is -3.47. The predicted octanol–water partition coefficient (Wildman–Crippen LogP) is 3.51. The number of rotatable bonds is 7. The normalized spacial score (nSPS) is 12.0. The highest BCUT2D eigenvalue weighted by atomic mass is 32.2. The van der Waals surface area contributed by atoms with Gasteiger partial charge >= 0.3 is 0 Å². The van der Waals surface area contributed by atoms with Gasteiger partial charge in [-0.15, -0.1) is 0 Å². The van der Waals surface area contributed by atoms with Gasteiger partial charge in [-0.3, -0.25) is 4.68 Å².